The van der Waals surface area contributed by atoms with Crippen LogP contribution < -0.4 is 15.5 Å². The van der Waals surface area contributed by atoms with Gasteiger partial charge in [-0.15, -0.1) is 0 Å². The lowest BCUT2D eigenvalue weighted by Crippen LogP contribution is -2.56. The summed E-state index contributed by atoms with van der Waals surface area (Å²) in [5.74, 6) is 0.724. The molecule has 1 aromatic carbocycles. The molecule has 0 bridgehead atoms. The quantitative estimate of drug-likeness (QED) is 0.553. The molecular formula is C29H41FN4O3. The summed E-state index contributed by atoms with van der Waals surface area (Å²) in [5.41, 5.74) is 2.37. The maximum absolute atomic E-state index is 14.0. The number of morpholine rings is 1. The van der Waals surface area contributed by atoms with E-state index in [1.165, 1.54) is 19.3 Å². The van der Waals surface area contributed by atoms with Gasteiger partial charge in [-0.25, -0.2) is 9.18 Å². The van der Waals surface area contributed by atoms with Crippen LogP contribution in [0.3, 0.4) is 0 Å². The van der Waals surface area contributed by atoms with E-state index in [0.29, 0.717) is 44.6 Å². The number of nitrogens with zero attached hydrogens (tertiary/aromatic N) is 2. The van der Waals surface area contributed by atoms with Gasteiger partial charge in [-0.3, -0.25) is 4.79 Å². The Morgan fingerprint density at radius 3 is 2.51 bits per heavy atom. The van der Waals surface area contributed by atoms with Crippen LogP contribution >= 0.6 is 0 Å². The minimum absolute atomic E-state index is 0.0356. The van der Waals surface area contributed by atoms with E-state index in [1.54, 1.807) is 17.0 Å². The van der Waals surface area contributed by atoms with Crippen LogP contribution in [0.1, 0.15) is 69.8 Å². The standard InChI is InChI=1S/C29H41FN4O3/c30-22-8-9-26-23(17-22)29(10-11-29)19-34(26)18-25(21-6-7-21)31-27(35)24(16-20-4-2-1-3-5-20)32-28(36)33-12-14-37-15-13-33/h8-9,17,20-21,24-25H,1-7,10-16,18-19H2,(H,31,35)(H,32,36). The molecule has 1 saturated heterocycles. The summed E-state index contributed by atoms with van der Waals surface area (Å²) in [6.45, 7) is 3.85. The van der Waals surface area contributed by atoms with Crippen LogP contribution in [0.25, 0.3) is 0 Å². The maximum Gasteiger partial charge on any atom is 0.318 e. The molecule has 2 unspecified atom stereocenters. The van der Waals surface area contributed by atoms with Crippen molar-refractivity contribution in [1.29, 1.82) is 0 Å². The Morgan fingerprint density at radius 1 is 1.05 bits per heavy atom. The summed E-state index contributed by atoms with van der Waals surface area (Å²) in [6.07, 6.45) is 11.1. The number of halogens is 1. The Bertz CT molecular complexity index is 999. The van der Waals surface area contributed by atoms with Gasteiger partial charge >= 0.3 is 6.03 Å². The molecule has 0 aromatic heterocycles. The molecule has 4 fully saturated rings. The minimum atomic E-state index is -0.519. The summed E-state index contributed by atoms with van der Waals surface area (Å²) in [7, 11) is 0. The number of hydrogen-bond acceptors (Lipinski definition) is 4. The van der Waals surface area contributed by atoms with Crippen molar-refractivity contribution in [3.8, 4) is 0 Å². The number of rotatable bonds is 8. The molecule has 37 heavy (non-hydrogen) atoms. The summed E-state index contributed by atoms with van der Waals surface area (Å²) >= 11 is 0. The Balaban J connectivity index is 1.14. The normalized spacial score (nSPS) is 24.5. The minimum Gasteiger partial charge on any atom is -0.378 e. The Labute approximate surface area is 219 Å². The third-order valence-corrected chi connectivity index (χ3v) is 9.36. The highest BCUT2D eigenvalue weighted by molar-refractivity contribution is 5.87. The van der Waals surface area contributed by atoms with E-state index < -0.39 is 6.04 Å². The molecule has 3 amide bonds. The van der Waals surface area contributed by atoms with Crippen LogP contribution in [0.2, 0.25) is 0 Å². The first-order valence-electron chi connectivity index (χ1n) is 14.5. The molecule has 3 aliphatic carbocycles. The van der Waals surface area contributed by atoms with Gasteiger partial charge in [0.2, 0.25) is 5.91 Å². The Morgan fingerprint density at radius 2 is 1.81 bits per heavy atom. The number of urea groups is 1. The fourth-order valence-electron chi connectivity index (χ4n) is 6.81. The zero-order chi connectivity index (χ0) is 25.4. The van der Waals surface area contributed by atoms with Crippen molar-refractivity contribution in [2.45, 2.75) is 81.7 Å². The summed E-state index contributed by atoms with van der Waals surface area (Å²) in [4.78, 5) is 30.9. The molecule has 6 rings (SSSR count). The van der Waals surface area contributed by atoms with Crippen LogP contribution in [-0.4, -0.2) is 68.3 Å². The number of fused-ring (bicyclic) bond motifs is 2. The molecular weight excluding hydrogens is 471 g/mol. The second-order valence-corrected chi connectivity index (χ2v) is 12.1. The first kappa shape index (κ1) is 25.0. The number of ether oxygens (including phenoxy) is 1. The maximum atomic E-state index is 14.0. The van der Waals surface area contributed by atoms with Crippen molar-refractivity contribution >= 4 is 17.6 Å². The van der Waals surface area contributed by atoms with Gasteiger partial charge in [0.05, 0.1) is 13.2 Å². The van der Waals surface area contributed by atoms with E-state index in [9.17, 15) is 14.0 Å². The fraction of sp³-hybridized carbons (Fsp3) is 0.724. The van der Waals surface area contributed by atoms with Gasteiger partial charge in [0.1, 0.15) is 11.9 Å². The monoisotopic (exact) mass is 512 g/mol. The summed E-state index contributed by atoms with van der Waals surface area (Å²) < 4.78 is 19.4. The average molecular weight is 513 g/mol. The highest BCUT2D eigenvalue weighted by Gasteiger charge is 2.52. The van der Waals surface area contributed by atoms with E-state index in [1.807, 2.05) is 6.07 Å². The van der Waals surface area contributed by atoms with Gasteiger partial charge in [0.25, 0.3) is 0 Å². The van der Waals surface area contributed by atoms with Crippen LogP contribution in [0, 0.1) is 17.7 Å². The third kappa shape index (κ3) is 5.59. The first-order valence-corrected chi connectivity index (χ1v) is 14.5. The number of carbonyl (C=O) groups is 2. The smallest absolute Gasteiger partial charge is 0.318 e. The van der Waals surface area contributed by atoms with Crippen LogP contribution in [0.4, 0.5) is 14.9 Å². The molecule has 8 heteroatoms. The number of anilines is 1. The highest BCUT2D eigenvalue weighted by atomic mass is 19.1. The van der Waals surface area contributed by atoms with Crippen molar-refractivity contribution < 1.29 is 18.7 Å². The van der Waals surface area contributed by atoms with Crippen LogP contribution in [-0.2, 0) is 14.9 Å². The molecule has 7 nitrogen and oxygen atoms in total. The van der Waals surface area contributed by atoms with Gasteiger partial charge in [0.15, 0.2) is 0 Å². The molecule has 5 aliphatic rings. The molecule has 1 spiro atoms. The van der Waals surface area contributed by atoms with Gasteiger partial charge < -0.3 is 25.2 Å². The first-order chi connectivity index (χ1) is 18.0. The van der Waals surface area contributed by atoms with E-state index in [2.05, 4.69) is 15.5 Å². The van der Waals surface area contributed by atoms with Crippen LogP contribution in [0.15, 0.2) is 18.2 Å². The molecule has 2 aliphatic heterocycles. The SMILES string of the molecule is O=C(NC(CN1CC2(CC2)c2cc(F)ccc21)C1CC1)C(CC1CCCCC1)NC(=O)N1CCOCC1. The van der Waals surface area contributed by atoms with Gasteiger partial charge in [-0.1, -0.05) is 32.1 Å². The Kier molecular flexibility index (Phi) is 7.03. The Hall–Kier alpha value is -2.35. The largest absolute Gasteiger partial charge is 0.378 e. The molecule has 1 aromatic rings. The van der Waals surface area contributed by atoms with Gasteiger partial charge in [-0.05, 0) is 67.7 Å². The van der Waals surface area contributed by atoms with E-state index in [4.69, 9.17) is 4.74 Å². The topological polar surface area (TPSA) is 73.9 Å². The number of carbonyl (C=O) groups excluding carboxylic acids is 2. The van der Waals surface area contributed by atoms with Crippen molar-refractivity contribution in [2.24, 2.45) is 11.8 Å². The second kappa shape index (κ2) is 10.4. The zero-order valence-corrected chi connectivity index (χ0v) is 21.9. The van der Waals surface area contributed by atoms with E-state index >= 15 is 0 Å². The average Bonchev–Trinajstić information content (AvgIpc) is 3.84. The van der Waals surface area contributed by atoms with Crippen molar-refractivity contribution in [3.05, 3.63) is 29.6 Å². The van der Waals surface area contributed by atoms with E-state index in [-0.39, 0.29) is 29.2 Å². The molecule has 3 saturated carbocycles. The number of benzene rings is 1. The highest BCUT2D eigenvalue weighted by Crippen LogP contribution is 2.56. The summed E-state index contributed by atoms with van der Waals surface area (Å²) in [5, 5.41) is 6.48. The molecule has 2 heterocycles. The summed E-state index contributed by atoms with van der Waals surface area (Å²) in [6, 6.07) is 4.54. The van der Waals surface area contributed by atoms with Crippen molar-refractivity contribution in [3.63, 3.8) is 0 Å². The predicted molar refractivity (Wildman–Crippen MR) is 140 cm³/mol. The van der Waals surface area contributed by atoms with Crippen molar-refractivity contribution in [2.75, 3.05) is 44.3 Å². The second-order valence-electron chi connectivity index (χ2n) is 12.1. The lowest BCUT2D eigenvalue weighted by atomic mass is 9.84. The molecule has 2 N–H and O–H groups in total. The van der Waals surface area contributed by atoms with Crippen LogP contribution in [0.5, 0.6) is 0 Å². The number of amides is 3. The lowest BCUT2D eigenvalue weighted by molar-refractivity contribution is -0.124. The van der Waals surface area contributed by atoms with Gasteiger partial charge in [0, 0.05) is 43.3 Å². The van der Waals surface area contributed by atoms with E-state index in [0.717, 1.165) is 62.9 Å². The van der Waals surface area contributed by atoms with Gasteiger partial charge in [-0.2, -0.15) is 0 Å². The molecule has 0 radical (unpaired) electrons. The fourth-order valence-corrected chi connectivity index (χ4v) is 6.81. The third-order valence-electron chi connectivity index (χ3n) is 9.36. The number of nitrogens with one attached hydrogen (secondary N) is 2. The molecule has 2 atom stereocenters. The number of hydrogen-bond donors (Lipinski definition) is 2. The zero-order valence-electron chi connectivity index (χ0n) is 21.9. The predicted octanol–water partition coefficient (Wildman–Crippen LogP) is 3.95. The lowest BCUT2D eigenvalue weighted by Gasteiger charge is -2.33. The molecule has 202 valence electrons. The van der Waals surface area contributed by atoms with Crippen molar-refractivity contribution in [1.82, 2.24) is 15.5 Å².